The van der Waals surface area contributed by atoms with Crippen LogP contribution in [0.4, 0.5) is 4.79 Å². The van der Waals surface area contributed by atoms with Crippen molar-refractivity contribution in [1.29, 1.82) is 0 Å². The van der Waals surface area contributed by atoms with E-state index in [0.29, 0.717) is 6.04 Å². The Kier molecular flexibility index (Phi) is 1.95. The SMILES string of the molecule is CCCC1CC1N1CCNC1=O. The Morgan fingerprint density at radius 3 is 3.08 bits per heavy atom. The van der Waals surface area contributed by atoms with Gasteiger partial charge in [-0.05, 0) is 18.8 Å². The summed E-state index contributed by atoms with van der Waals surface area (Å²) < 4.78 is 0. The fraction of sp³-hybridized carbons (Fsp3) is 0.889. The Morgan fingerprint density at radius 1 is 1.67 bits per heavy atom. The Hall–Kier alpha value is -0.730. The van der Waals surface area contributed by atoms with Gasteiger partial charge in [0.05, 0.1) is 0 Å². The second kappa shape index (κ2) is 2.96. The quantitative estimate of drug-likeness (QED) is 0.674. The molecule has 2 atom stereocenters. The normalized spacial score (nSPS) is 33.8. The van der Waals surface area contributed by atoms with E-state index in [2.05, 4.69) is 12.2 Å². The topological polar surface area (TPSA) is 32.3 Å². The number of hydrogen-bond acceptors (Lipinski definition) is 1. The Labute approximate surface area is 73.1 Å². The van der Waals surface area contributed by atoms with Gasteiger partial charge in [0.25, 0.3) is 0 Å². The van der Waals surface area contributed by atoms with Gasteiger partial charge in [-0.25, -0.2) is 4.79 Å². The largest absolute Gasteiger partial charge is 0.336 e. The fourth-order valence-electron chi connectivity index (χ4n) is 2.10. The first-order valence-electron chi connectivity index (χ1n) is 4.87. The van der Waals surface area contributed by atoms with Crippen LogP contribution in [0.15, 0.2) is 0 Å². The smallest absolute Gasteiger partial charge is 0.317 e. The van der Waals surface area contributed by atoms with E-state index in [1.807, 2.05) is 4.90 Å². The highest BCUT2D eigenvalue weighted by Crippen LogP contribution is 2.39. The predicted octanol–water partition coefficient (Wildman–Crippen LogP) is 1.20. The van der Waals surface area contributed by atoms with Crippen molar-refractivity contribution in [2.75, 3.05) is 13.1 Å². The van der Waals surface area contributed by atoms with Crippen LogP contribution < -0.4 is 5.32 Å². The molecule has 1 heterocycles. The average Bonchev–Trinajstić information content (AvgIpc) is 2.67. The second-order valence-corrected chi connectivity index (χ2v) is 3.78. The van der Waals surface area contributed by atoms with Crippen LogP contribution in [0.3, 0.4) is 0 Å². The molecule has 0 spiro atoms. The summed E-state index contributed by atoms with van der Waals surface area (Å²) in [5, 5.41) is 2.84. The molecule has 3 heteroatoms. The summed E-state index contributed by atoms with van der Waals surface area (Å²) in [7, 11) is 0. The Morgan fingerprint density at radius 2 is 2.50 bits per heavy atom. The van der Waals surface area contributed by atoms with Gasteiger partial charge in [-0.2, -0.15) is 0 Å². The van der Waals surface area contributed by atoms with Gasteiger partial charge in [-0.1, -0.05) is 13.3 Å². The number of hydrogen-bond donors (Lipinski definition) is 1. The molecule has 2 unspecified atom stereocenters. The van der Waals surface area contributed by atoms with Gasteiger partial charge in [0.15, 0.2) is 0 Å². The van der Waals surface area contributed by atoms with E-state index < -0.39 is 0 Å². The molecule has 1 aliphatic heterocycles. The third-order valence-corrected chi connectivity index (χ3v) is 2.83. The summed E-state index contributed by atoms with van der Waals surface area (Å²) in [6.45, 7) is 3.97. The predicted molar refractivity (Wildman–Crippen MR) is 46.9 cm³/mol. The molecule has 1 N–H and O–H groups in total. The summed E-state index contributed by atoms with van der Waals surface area (Å²) in [4.78, 5) is 13.2. The van der Waals surface area contributed by atoms with Crippen LogP contribution in [-0.4, -0.2) is 30.1 Å². The molecule has 0 bridgehead atoms. The lowest BCUT2D eigenvalue weighted by molar-refractivity contribution is 0.212. The molecule has 2 rings (SSSR count). The minimum atomic E-state index is 0.151. The van der Waals surface area contributed by atoms with Crippen molar-refractivity contribution in [3.8, 4) is 0 Å². The fourth-order valence-corrected chi connectivity index (χ4v) is 2.10. The number of carbonyl (C=O) groups is 1. The minimum Gasteiger partial charge on any atom is -0.336 e. The highest BCUT2D eigenvalue weighted by molar-refractivity contribution is 5.76. The molecule has 0 aromatic rings. The molecule has 1 aliphatic carbocycles. The van der Waals surface area contributed by atoms with Crippen molar-refractivity contribution in [3.05, 3.63) is 0 Å². The zero-order valence-corrected chi connectivity index (χ0v) is 7.55. The van der Waals surface area contributed by atoms with Gasteiger partial charge in [-0.15, -0.1) is 0 Å². The van der Waals surface area contributed by atoms with E-state index in [0.717, 1.165) is 19.0 Å². The van der Waals surface area contributed by atoms with E-state index in [9.17, 15) is 4.79 Å². The number of nitrogens with zero attached hydrogens (tertiary/aromatic N) is 1. The molecular formula is C9H16N2O. The van der Waals surface area contributed by atoms with E-state index in [-0.39, 0.29) is 6.03 Å². The summed E-state index contributed by atoms with van der Waals surface area (Å²) in [5.41, 5.74) is 0. The van der Waals surface area contributed by atoms with E-state index in [1.54, 1.807) is 0 Å². The number of carbonyl (C=O) groups excluding carboxylic acids is 1. The van der Waals surface area contributed by atoms with Gasteiger partial charge < -0.3 is 10.2 Å². The van der Waals surface area contributed by atoms with Crippen molar-refractivity contribution in [2.45, 2.75) is 32.2 Å². The molecule has 0 radical (unpaired) electrons. The maximum Gasteiger partial charge on any atom is 0.317 e. The summed E-state index contributed by atoms with van der Waals surface area (Å²) in [6.07, 6.45) is 3.77. The van der Waals surface area contributed by atoms with Crippen molar-refractivity contribution in [1.82, 2.24) is 10.2 Å². The zero-order valence-electron chi connectivity index (χ0n) is 7.55. The Bertz CT molecular complexity index is 193. The summed E-state index contributed by atoms with van der Waals surface area (Å²) in [5.74, 6) is 0.804. The number of urea groups is 1. The second-order valence-electron chi connectivity index (χ2n) is 3.78. The first-order chi connectivity index (χ1) is 5.83. The Balaban J connectivity index is 1.83. The van der Waals surface area contributed by atoms with Crippen LogP contribution in [0.1, 0.15) is 26.2 Å². The summed E-state index contributed by atoms with van der Waals surface area (Å²) in [6, 6.07) is 0.728. The molecule has 68 valence electrons. The average molecular weight is 168 g/mol. The van der Waals surface area contributed by atoms with Crippen molar-refractivity contribution >= 4 is 6.03 Å². The molecule has 2 amide bonds. The third-order valence-electron chi connectivity index (χ3n) is 2.83. The number of nitrogens with one attached hydrogen (secondary N) is 1. The van der Waals surface area contributed by atoms with Crippen LogP contribution in [-0.2, 0) is 0 Å². The first-order valence-corrected chi connectivity index (χ1v) is 4.87. The van der Waals surface area contributed by atoms with Gasteiger partial charge in [0.1, 0.15) is 0 Å². The molecular weight excluding hydrogens is 152 g/mol. The molecule has 3 nitrogen and oxygen atoms in total. The molecule has 1 saturated heterocycles. The minimum absolute atomic E-state index is 0.151. The molecule has 12 heavy (non-hydrogen) atoms. The summed E-state index contributed by atoms with van der Waals surface area (Å²) >= 11 is 0. The van der Waals surface area contributed by atoms with Crippen molar-refractivity contribution in [2.24, 2.45) is 5.92 Å². The maximum atomic E-state index is 11.2. The lowest BCUT2D eigenvalue weighted by Gasteiger charge is -2.13. The van der Waals surface area contributed by atoms with Crippen LogP contribution >= 0.6 is 0 Å². The van der Waals surface area contributed by atoms with Crippen LogP contribution in [0, 0.1) is 5.92 Å². The van der Waals surface area contributed by atoms with Gasteiger partial charge >= 0.3 is 6.03 Å². The van der Waals surface area contributed by atoms with Crippen molar-refractivity contribution < 1.29 is 4.79 Å². The third kappa shape index (κ3) is 1.28. The first kappa shape index (κ1) is 7.90. The van der Waals surface area contributed by atoms with E-state index in [4.69, 9.17) is 0 Å². The molecule has 1 saturated carbocycles. The highest BCUT2D eigenvalue weighted by Gasteiger charge is 2.44. The highest BCUT2D eigenvalue weighted by atomic mass is 16.2. The standard InChI is InChI=1S/C9H16N2O/c1-2-3-7-6-8(7)11-5-4-10-9(11)12/h7-8H,2-6H2,1H3,(H,10,12). The van der Waals surface area contributed by atoms with E-state index in [1.165, 1.54) is 19.3 Å². The van der Waals surface area contributed by atoms with Gasteiger partial charge in [0.2, 0.25) is 0 Å². The number of rotatable bonds is 3. The molecule has 0 aromatic heterocycles. The lowest BCUT2D eigenvalue weighted by atomic mass is 10.2. The van der Waals surface area contributed by atoms with Crippen LogP contribution in [0.25, 0.3) is 0 Å². The molecule has 2 aliphatic rings. The van der Waals surface area contributed by atoms with Crippen LogP contribution in [0.5, 0.6) is 0 Å². The van der Waals surface area contributed by atoms with E-state index >= 15 is 0 Å². The molecule has 2 fully saturated rings. The number of amides is 2. The van der Waals surface area contributed by atoms with Gasteiger partial charge in [0, 0.05) is 19.1 Å². The lowest BCUT2D eigenvalue weighted by Crippen LogP contribution is -2.31. The zero-order chi connectivity index (χ0) is 8.55. The van der Waals surface area contributed by atoms with Crippen LogP contribution in [0.2, 0.25) is 0 Å². The monoisotopic (exact) mass is 168 g/mol. The van der Waals surface area contributed by atoms with Crippen molar-refractivity contribution in [3.63, 3.8) is 0 Å². The van der Waals surface area contributed by atoms with Gasteiger partial charge in [-0.3, -0.25) is 0 Å². The molecule has 0 aromatic carbocycles. The maximum absolute atomic E-state index is 11.2.